The molecule has 0 spiro atoms. The first kappa shape index (κ1) is 19.2. The molecular formula is C20H26N2O5. The van der Waals surface area contributed by atoms with E-state index in [2.05, 4.69) is 5.32 Å². The summed E-state index contributed by atoms with van der Waals surface area (Å²) in [6, 6.07) is 5.40. The van der Waals surface area contributed by atoms with E-state index in [0.717, 1.165) is 25.7 Å². The Hall–Kier alpha value is -2.54. The van der Waals surface area contributed by atoms with Gasteiger partial charge < -0.3 is 25.3 Å². The molecule has 7 heteroatoms. The smallest absolute Gasteiger partial charge is 0.256 e. The zero-order valence-corrected chi connectivity index (χ0v) is 15.7. The van der Waals surface area contributed by atoms with E-state index in [1.807, 2.05) is 6.07 Å². The molecule has 1 aliphatic rings. The van der Waals surface area contributed by atoms with Crippen LogP contribution in [0.1, 0.15) is 55.1 Å². The fraction of sp³-hybridized carbons (Fsp3) is 0.500. The second-order valence-corrected chi connectivity index (χ2v) is 7.38. The Morgan fingerprint density at radius 2 is 2.04 bits per heavy atom. The van der Waals surface area contributed by atoms with Gasteiger partial charge in [0.1, 0.15) is 22.6 Å². The molecule has 0 aliphatic heterocycles. The second kappa shape index (κ2) is 7.60. The van der Waals surface area contributed by atoms with Gasteiger partial charge in [0.2, 0.25) is 5.91 Å². The number of fused-ring (bicyclic) bond motifs is 1. The topological polar surface area (TPSA) is 115 Å². The van der Waals surface area contributed by atoms with Crippen molar-refractivity contribution >= 4 is 22.8 Å². The summed E-state index contributed by atoms with van der Waals surface area (Å²) in [6.45, 7) is 2.46. The summed E-state index contributed by atoms with van der Waals surface area (Å²) in [5.41, 5.74) is 4.61. The third kappa shape index (κ3) is 3.93. The maximum Gasteiger partial charge on any atom is 0.256 e. The molecule has 27 heavy (non-hydrogen) atoms. The lowest BCUT2D eigenvalue weighted by molar-refractivity contribution is -0.124. The SMILES string of the molecule is Cc1oc2ccc(OC3CCCCC3)cc2c1C(=O)NC(C)(CO)C(N)=O. The van der Waals surface area contributed by atoms with Crippen molar-refractivity contribution in [3.63, 3.8) is 0 Å². The van der Waals surface area contributed by atoms with Gasteiger partial charge in [-0.3, -0.25) is 9.59 Å². The molecule has 1 atom stereocenters. The molecule has 1 fully saturated rings. The van der Waals surface area contributed by atoms with E-state index < -0.39 is 24.0 Å². The van der Waals surface area contributed by atoms with Crippen LogP contribution < -0.4 is 15.8 Å². The minimum absolute atomic E-state index is 0.189. The van der Waals surface area contributed by atoms with Gasteiger partial charge in [-0.2, -0.15) is 0 Å². The van der Waals surface area contributed by atoms with Crippen LogP contribution in [-0.4, -0.2) is 35.2 Å². The molecule has 146 valence electrons. The minimum Gasteiger partial charge on any atom is -0.490 e. The lowest BCUT2D eigenvalue weighted by Gasteiger charge is -2.24. The van der Waals surface area contributed by atoms with Crippen molar-refractivity contribution in [1.29, 1.82) is 0 Å². The summed E-state index contributed by atoms with van der Waals surface area (Å²) in [7, 11) is 0. The number of hydrogen-bond acceptors (Lipinski definition) is 5. The van der Waals surface area contributed by atoms with Gasteiger partial charge in [-0.25, -0.2) is 0 Å². The molecule has 1 unspecified atom stereocenters. The molecular weight excluding hydrogens is 348 g/mol. The third-order valence-corrected chi connectivity index (χ3v) is 5.17. The van der Waals surface area contributed by atoms with Crippen LogP contribution in [0, 0.1) is 6.92 Å². The molecule has 0 saturated heterocycles. The number of rotatable bonds is 6. The fourth-order valence-electron chi connectivity index (χ4n) is 3.42. The normalized spacial score (nSPS) is 17.4. The number of primary amides is 1. The van der Waals surface area contributed by atoms with Gasteiger partial charge in [0, 0.05) is 5.39 Å². The summed E-state index contributed by atoms with van der Waals surface area (Å²) in [5.74, 6) is -0.243. The lowest BCUT2D eigenvalue weighted by Crippen LogP contribution is -2.57. The van der Waals surface area contributed by atoms with E-state index in [1.165, 1.54) is 13.3 Å². The van der Waals surface area contributed by atoms with Gasteiger partial charge in [0.25, 0.3) is 5.91 Å². The molecule has 0 radical (unpaired) electrons. The van der Waals surface area contributed by atoms with Crippen LogP contribution in [0.25, 0.3) is 11.0 Å². The summed E-state index contributed by atoms with van der Waals surface area (Å²) in [5, 5.41) is 12.6. The highest BCUT2D eigenvalue weighted by Gasteiger charge is 2.34. The number of nitrogens with one attached hydrogen (secondary N) is 1. The van der Waals surface area contributed by atoms with Gasteiger partial charge in [-0.1, -0.05) is 6.42 Å². The van der Waals surface area contributed by atoms with Gasteiger partial charge in [0.05, 0.1) is 18.3 Å². The van der Waals surface area contributed by atoms with E-state index >= 15 is 0 Å². The number of benzene rings is 1. The first-order chi connectivity index (χ1) is 12.8. The number of aliphatic hydroxyl groups excluding tert-OH is 1. The van der Waals surface area contributed by atoms with Crippen molar-refractivity contribution in [3.8, 4) is 5.75 Å². The third-order valence-electron chi connectivity index (χ3n) is 5.17. The number of carbonyl (C=O) groups is 2. The highest BCUT2D eigenvalue weighted by molar-refractivity contribution is 6.09. The number of amides is 2. The predicted octanol–water partition coefficient (Wildman–Crippen LogP) is 2.42. The number of aliphatic hydroxyl groups is 1. The van der Waals surface area contributed by atoms with E-state index in [1.54, 1.807) is 19.1 Å². The number of ether oxygens (including phenoxy) is 1. The molecule has 4 N–H and O–H groups in total. The molecule has 0 bridgehead atoms. The molecule has 1 heterocycles. The van der Waals surface area contributed by atoms with Crippen LogP contribution in [0.2, 0.25) is 0 Å². The second-order valence-electron chi connectivity index (χ2n) is 7.38. The van der Waals surface area contributed by atoms with Crippen LogP contribution in [-0.2, 0) is 4.79 Å². The van der Waals surface area contributed by atoms with Crippen molar-refractivity contribution in [2.24, 2.45) is 5.73 Å². The monoisotopic (exact) mass is 374 g/mol. The van der Waals surface area contributed by atoms with E-state index in [-0.39, 0.29) is 6.10 Å². The Morgan fingerprint density at radius 3 is 2.67 bits per heavy atom. The average molecular weight is 374 g/mol. The molecule has 1 aliphatic carbocycles. The highest BCUT2D eigenvalue weighted by atomic mass is 16.5. The standard InChI is InChI=1S/C20H26N2O5/c1-12-17(18(24)22-20(2,11-23)19(21)25)15-10-14(8-9-16(15)26-12)27-13-6-4-3-5-7-13/h8-10,13,23H,3-7,11H2,1-2H3,(H2,21,25)(H,22,24). The minimum atomic E-state index is -1.55. The maximum absolute atomic E-state index is 12.8. The van der Waals surface area contributed by atoms with Crippen LogP contribution in [0.5, 0.6) is 5.75 Å². The van der Waals surface area contributed by atoms with Crippen LogP contribution >= 0.6 is 0 Å². The van der Waals surface area contributed by atoms with Crippen molar-refractivity contribution in [3.05, 3.63) is 29.5 Å². The molecule has 1 aromatic heterocycles. The van der Waals surface area contributed by atoms with Crippen molar-refractivity contribution in [1.82, 2.24) is 5.32 Å². The first-order valence-corrected chi connectivity index (χ1v) is 9.27. The predicted molar refractivity (Wildman–Crippen MR) is 101 cm³/mol. The van der Waals surface area contributed by atoms with Crippen molar-refractivity contribution in [2.75, 3.05) is 6.61 Å². The Kier molecular flexibility index (Phi) is 5.41. The fourth-order valence-corrected chi connectivity index (χ4v) is 3.42. The highest BCUT2D eigenvalue weighted by Crippen LogP contribution is 2.31. The van der Waals surface area contributed by atoms with Gasteiger partial charge in [-0.15, -0.1) is 0 Å². The van der Waals surface area contributed by atoms with E-state index in [4.69, 9.17) is 14.9 Å². The number of aryl methyl sites for hydroxylation is 1. The van der Waals surface area contributed by atoms with E-state index in [9.17, 15) is 14.7 Å². The van der Waals surface area contributed by atoms with Crippen molar-refractivity contribution < 1.29 is 23.8 Å². The number of nitrogens with two attached hydrogens (primary N) is 1. The van der Waals surface area contributed by atoms with Gasteiger partial charge >= 0.3 is 0 Å². The van der Waals surface area contributed by atoms with Crippen LogP contribution in [0.4, 0.5) is 0 Å². The molecule has 2 amide bonds. The maximum atomic E-state index is 12.8. The summed E-state index contributed by atoms with van der Waals surface area (Å²) in [4.78, 5) is 24.4. The van der Waals surface area contributed by atoms with Crippen LogP contribution in [0.3, 0.4) is 0 Å². The molecule has 7 nitrogen and oxygen atoms in total. The largest absolute Gasteiger partial charge is 0.490 e. The zero-order chi connectivity index (χ0) is 19.6. The summed E-state index contributed by atoms with van der Waals surface area (Å²) < 4.78 is 11.8. The average Bonchev–Trinajstić information content (AvgIpc) is 2.97. The summed E-state index contributed by atoms with van der Waals surface area (Å²) >= 11 is 0. The number of carbonyl (C=O) groups excluding carboxylic acids is 2. The molecule has 2 aromatic rings. The first-order valence-electron chi connectivity index (χ1n) is 9.27. The van der Waals surface area contributed by atoms with Gasteiger partial charge in [-0.05, 0) is 57.7 Å². The molecule has 3 rings (SSSR count). The van der Waals surface area contributed by atoms with Gasteiger partial charge in [0.15, 0.2) is 0 Å². The number of furan rings is 1. The quantitative estimate of drug-likeness (QED) is 0.718. The Labute approximate surface area is 157 Å². The lowest BCUT2D eigenvalue weighted by atomic mass is 9.98. The molecule has 1 saturated carbocycles. The Morgan fingerprint density at radius 1 is 1.33 bits per heavy atom. The van der Waals surface area contributed by atoms with Crippen molar-refractivity contribution in [2.45, 2.75) is 57.6 Å². The summed E-state index contributed by atoms with van der Waals surface area (Å²) in [6.07, 6.45) is 5.82. The molecule has 1 aromatic carbocycles. The van der Waals surface area contributed by atoms with Crippen LogP contribution in [0.15, 0.2) is 22.6 Å². The van der Waals surface area contributed by atoms with E-state index in [0.29, 0.717) is 28.0 Å². The Balaban J connectivity index is 1.90. The zero-order valence-electron chi connectivity index (χ0n) is 15.7. The Bertz CT molecular complexity index is 853. The number of hydrogen-bond donors (Lipinski definition) is 3.